The van der Waals surface area contributed by atoms with Crippen molar-refractivity contribution in [1.29, 1.82) is 0 Å². The minimum atomic E-state index is -4.51. The molecule has 0 radical (unpaired) electrons. The minimum Gasteiger partial charge on any atom is -0.436 e. The third-order valence-electron chi connectivity index (χ3n) is 2.51. The number of rotatable bonds is 3. The Morgan fingerprint density at radius 2 is 1.90 bits per heavy atom. The molecule has 0 amide bonds. The lowest BCUT2D eigenvalue weighted by molar-refractivity contribution is -0.137. The Balaban J connectivity index is 2.26. The molecule has 0 fully saturated rings. The van der Waals surface area contributed by atoms with Crippen LogP contribution in [0.5, 0.6) is 11.6 Å². The standard InChI is InChI=1S/C13H10F4N2O/c14-10-5-8(7-18)1-2-11(10)20-12-6-9(3-4-19-12)13(15,16)17/h1-6H,7,18H2. The number of hydrogen-bond donors (Lipinski definition) is 1. The lowest BCUT2D eigenvalue weighted by Gasteiger charge is -2.10. The Kier molecular flexibility index (Phi) is 3.89. The molecule has 0 saturated carbocycles. The first kappa shape index (κ1) is 14.3. The molecular formula is C13H10F4N2O. The first-order valence-electron chi connectivity index (χ1n) is 5.60. The van der Waals surface area contributed by atoms with Gasteiger partial charge in [-0.3, -0.25) is 0 Å². The van der Waals surface area contributed by atoms with Gasteiger partial charge in [-0.1, -0.05) is 6.07 Å². The third kappa shape index (κ3) is 3.24. The van der Waals surface area contributed by atoms with E-state index in [9.17, 15) is 17.6 Å². The van der Waals surface area contributed by atoms with Gasteiger partial charge in [0.05, 0.1) is 5.56 Å². The van der Waals surface area contributed by atoms with Crippen molar-refractivity contribution in [1.82, 2.24) is 4.98 Å². The van der Waals surface area contributed by atoms with Crippen molar-refractivity contribution in [2.75, 3.05) is 0 Å². The highest BCUT2D eigenvalue weighted by Crippen LogP contribution is 2.32. The van der Waals surface area contributed by atoms with E-state index in [1.807, 2.05) is 0 Å². The number of ether oxygens (including phenoxy) is 1. The number of benzene rings is 1. The minimum absolute atomic E-state index is 0.152. The third-order valence-corrected chi connectivity index (χ3v) is 2.51. The van der Waals surface area contributed by atoms with Crippen molar-refractivity contribution in [3.05, 3.63) is 53.5 Å². The van der Waals surface area contributed by atoms with E-state index in [4.69, 9.17) is 10.5 Å². The molecule has 0 aliphatic carbocycles. The van der Waals surface area contributed by atoms with Gasteiger partial charge in [0.25, 0.3) is 0 Å². The van der Waals surface area contributed by atoms with Crippen LogP contribution in [0.1, 0.15) is 11.1 Å². The highest BCUT2D eigenvalue weighted by Gasteiger charge is 2.31. The summed E-state index contributed by atoms with van der Waals surface area (Å²) in [5, 5.41) is 0. The van der Waals surface area contributed by atoms with Crippen LogP contribution in [0.4, 0.5) is 17.6 Å². The van der Waals surface area contributed by atoms with E-state index in [0.29, 0.717) is 11.6 Å². The predicted octanol–water partition coefficient (Wildman–Crippen LogP) is 3.49. The second kappa shape index (κ2) is 5.46. The van der Waals surface area contributed by atoms with E-state index >= 15 is 0 Å². The first-order valence-corrected chi connectivity index (χ1v) is 5.60. The van der Waals surface area contributed by atoms with E-state index in [-0.39, 0.29) is 18.2 Å². The van der Waals surface area contributed by atoms with Crippen LogP contribution >= 0.6 is 0 Å². The molecule has 0 bridgehead atoms. The molecule has 3 nitrogen and oxygen atoms in total. The lowest BCUT2D eigenvalue weighted by Crippen LogP contribution is -2.05. The van der Waals surface area contributed by atoms with E-state index in [1.165, 1.54) is 12.1 Å². The average molecular weight is 286 g/mol. The van der Waals surface area contributed by atoms with Gasteiger partial charge in [-0.15, -0.1) is 0 Å². The molecule has 1 heterocycles. The Labute approximate surface area is 112 Å². The summed E-state index contributed by atoms with van der Waals surface area (Å²) < 4.78 is 56.2. The number of aromatic nitrogens is 1. The molecule has 1 aromatic heterocycles. The fraction of sp³-hybridized carbons (Fsp3) is 0.154. The number of hydrogen-bond acceptors (Lipinski definition) is 3. The van der Waals surface area contributed by atoms with Gasteiger partial charge in [-0.05, 0) is 23.8 Å². The Bertz CT molecular complexity index is 614. The van der Waals surface area contributed by atoms with Crippen LogP contribution in [-0.2, 0) is 12.7 Å². The average Bonchev–Trinajstić information content (AvgIpc) is 2.40. The van der Waals surface area contributed by atoms with Gasteiger partial charge in [-0.25, -0.2) is 9.37 Å². The fourth-order valence-corrected chi connectivity index (χ4v) is 1.51. The summed E-state index contributed by atoms with van der Waals surface area (Å²) in [6.45, 7) is 0.152. The van der Waals surface area contributed by atoms with Crippen LogP contribution in [0, 0.1) is 5.82 Å². The second-order valence-electron chi connectivity index (χ2n) is 3.95. The molecule has 0 spiro atoms. The zero-order valence-electron chi connectivity index (χ0n) is 10.1. The summed E-state index contributed by atoms with van der Waals surface area (Å²) in [5.41, 5.74) is 4.98. The molecule has 1 aromatic carbocycles. The zero-order chi connectivity index (χ0) is 14.8. The second-order valence-corrected chi connectivity index (χ2v) is 3.95. The van der Waals surface area contributed by atoms with Crippen LogP contribution in [-0.4, -0.2) is 4.98 Å². The van der Waals surface area contributed by atoms with Crippen LogP contribution in [0.25, 0.3) is 0 Å². The summed E-state index contributed by atoms with van der Waals surface area (Å²) in [6.07, 6.45) is -3.56. The van der Waals surface area contributed by atoms with Crippen LogP contribution in [0.15, 0.2) is 36.5 Å². The highest BCUT2D eigenvalue weighted by molar-refractivity contribution is 5.33. The summed E-state index contributed by atoms with van der Waals surface area (Å²) in [6, 6.07) is 5.48. The number of pyridine rings is 1. The van der Waals surface area contributed by atoms with Crippen molar-refractivity contribution >= 4 is 0 Å². The molecule has 2 rings (SSSR count). The smallest absolute Gasteiger partial charge is 0.416 e. The van der Waals surface area contributed by atoms with E-state index in [2.05, 4.69) is 4.98 Å². The van der Waals surface area contributed by atoms with Crippen molar-refractivity contribution < 1.29 is 22.3 Å². The quantitative estimate of drug-likeness (QED) is 0.879. The fourth-order valence-electron chi connectivity index (χ4n) is 1.51. The Morgan fingerprint density at radius 1 is 1.15 bits per heavy atom. The van der Waals surface area contributed by atoms with Gasteiger partial charge in [0.2, 0.25) is 5.88 Å². The van der Waals surface area contributed by atoms with E-state index in [1.54, 1.807) is 0 Å². The molecule has 106 valence electrons. The van der Waals surface area contributed by atoms with Crippen LogP contribution in [0.3, 0.4) is 0 Å². The predicted molar refractivity (Wildman–Crippen MR) is 63.6 cm³/mol. The Morgan fingerprint density at radius 3 is 2.50 bits per heavy atom. The molecule has 0 saturated heterocycles. The molecule has 2 N–H and O–H groups in total. The van der Waals surface area contributed by atoms with Gasteiger partial charge in [-0.2, -0.15) is 13.2 Å². The molecule has 20 heavy (non-hydrogen) atoms. The Hall–Kier alpha value is -2.15. The van der Waals surface area contributed by atoms with Crippen LogP contribution in [0.2, 0.25) is 0 Å². The van der Waals surface area contributed by atoms with Gasteiger partial charge in [0.1, 0.15) is 0 Å². The number of nitrogens with two attached hydrogens (primary N) is 1. The normalized spacial score (nSPS) is 11.4. The number of alkyl halides is 3. The van der Waals surface area contributed by atoms with Gasteiger partial charge < -0.3 is 10.5 Å². The van der Waals surface area contributed by atoms with Crippen molar-refractivity contribution in [3.63, 3.8) is 0 Å². The molecule has 0 atom stereocenters. The summed E-state index contributed by atoms with van der Waals surface area (Å²) in [4.78, 5) is 3.62. The summed E-state index contributed by atoms with van der Waals surface area (Å²) in [5.74, 6) is -1.26. The first-order chi connectivity index (χ1) is 9.40. The molecule has 2 aromatic rings. The molecule has 0 aliphatic rings. The lowest BCUT2D eigenvalue weighted by atomic mass is 10.2. The number of halogens is 4. The number of nitrogens with zero attached hydrogens (tertiary/aromatic N) is 1. The highest BCUT2D eigenvalue weighted by atomic mass is 19.4. The van der Waals surface area contributed by atoms with Gasteiger partial charge in [0.15, 0.2) is 11.6 Å². The van der Waals surface area contributed by atoms with Gasteiger partial charge >= 0.3 is 6.18 Å². The van der Waals surface area contributed by atoms with Gasteiger partial charge in [0, 0.05) is 18.8 Å². The summed E-state index contributed by atoms with van der Waals surface area (Å²) >= 11 is 0. The zero-order valence-corrected chi connectivity index (χ0v) is 10.1. The maximum atomic E-state index is 13.6. The maximum absolute atomic E-state index is 13.6. The van der Waals surface area contributed by atoms with E-state index < -0.39 is 17.6 Å². The molecular weight excluding hydrogens is 276 g/mol. The largest absolute Gasteiger partial charge is 0.436 e. The SMILES string of the molecule is NCc1ccc(Oc2cc(C(F)(F)F)ccn2)c(F)c1. The van der Waals surface area contributed by atoms with Crippen molar-refractivity contribution in [2.24, 2.45) is 5.73 Å². The maximum Gasteiger partial charge on any atom is 0.416 e. The van der Waals surface area contributed by atoms with Crippen molar-refractivity contribution in [2.45, 2.75) is 12.7 Å². The molecule has 7 heteroatoms. The monoisotopic (exact) mass is 286 g/mol. The van der Waals surface area contributed by atoms with E-state index in [0.717, 1.165) is 18.3 Å². The molecule has 0 unspecified atom stereocenters. The summed E-state index contributed by atoms with van der Waals surface area (Å²) in [7, 11) is 0. The van der Waals surface area contributed by atoms with Crippen LogP contribution < -0.4 is 10.5 Å². The topological polar surface area (TPSA) is 48.1 Å². The molecule has 0 aliphatic heterocycles. The van der Waals surface area contributed by atoms with Crippen molar-refractivity contribution in [3.8, 4) is 11.6 Å².